The van der Waals surface area contributed by atoms with E-state index in [4.69, 9.17) is 23.2 Å². The summed E-state index contributed by atoms with van der Waals surface area (Å²) >= 11 is 12.8. The average Bonchev–Trinajstić information content (AvgIpc) is 3.03. The Morgan fingerprint density at radius 2 is 1.47 bits per heavy atom. The van der Waals surface area contributed by atoms with Gasteiger partial charge in [0.2, 0.25) is 11.8 Å². The highest BCUT2D eigenvalue weighted by Crippen LogP contribution is 2.35. The van der Waals surface area contributed by atoms with E-state index in [1.807, 2.05) is 44.2 Å². The molecule has 4 rings (SSSR count). The molecular weight excluding hydrogens is 636 g/mol. The molecular formula is C34H34Cl2FN3O4S. The lowest BCUT2D eigenvalue weighted by molar-refractivity contribution is -0.140. The van der Waals surface area contributed by atoms with Crippen molar-refractivity contribution < 1.29 is 22.4 Å². The summed E-state index contributed by atoms with van der Waals surface area (Å²) in [7, 11) is -4.36. The Morgan fingerprint density at radius 3 is 2.11 bits per heavy atom. The van der Waals surface area contributed by atoms with Gasteiger partial charge < -0.3 is 10.2 Å². The number of hydrogen-bond acceptors (Lipinski definition) is 4. The number of halogens is 3. The molecule has 0 saturated heterocycles. The van der Waals surface area contributed by atoms with Crippen LogP contribution in [0.15, 0.2) is 108 Å². The zero-order chi connectivity index (χ0) is 32.6. The standard InChI is InChI=1S/C34H34Cl2FN3O4S/c1-24(2)21-38-34(42)31(20-25-12-5-3-6-13-25)39(22-26-14-9-10-18-29(26)37)32(41)23-40(30-19-11-17-28(35)33(30)36)45(43,44)27-15-7-4-8-16-27/h3-19,24,31H,20-23H2,1-2H3,(H,38,42)/t31-/m1/s1. The van der Waals surface area contributed by atoms with Gasteiger partial charge in [-0.3, -0.25) is 13.9 Å². The number of amides is 2. The van der Waals surface area contributed by atoms with Gasteiger partial charge in [-0.1, -0.05) is 110 Å². The van der Waals surface area contributed by atoms with Gasteiger partial charge in [0.1, 0.15) is 18.4 Å². The number of carbonyl (C=O) groups excluding carboxylic acids is 2. The van der Waals surface area contributed by atoms with Crippen LogP contribution in [0.1, 0.15) is 25.0 Å². The molecule has 0 heterocycles. The van der Waals surface area contributed by atoms with Gasteiger partial charge in [-0.15, -0.1) is 0 Å². The first-order valence-corrected chi connectivity index (χ1v) is 16.5. The van der Waals surface area contributed by atoms with Gasteiger partial charge in [0.15, 0.2) is 0 Å². The molecule has 45 heavy (non-hydrogen) atoms. The van der Waals surface area contributed by atoms with Crippen LogP contribution < -0.4 is 9.62 Å². The van der Waals surface area contributed by atoms with Gasteiger partial charge in [-0.25, -0.2) is 12.8 Å². The summed E-state index contributed by atoms with van der Waals surface area (Å²) in [6, 6.07) is 26.0. The van der Waals surface area contributed by atoms with Crippen LogP contribution in [-0.4, -0.2) is 44.3 Å². The smallest absolute Gasteiger partial charge is 0.264 e. The molecule has 0 unspecified atom stereocenters. The molecule has 0 radical (unpaired) electrons. The lowest BCUT2D eigenvalue weighted by Gasteiger charge is -2.34. The third-order valence-corrected chi connectivity index (χ3v) is 9.65. The van der Waals surface area contributed by atoms with Crippen molar-refractivity contribution in [2.75, 3.05) is 17.4 Å². The van der Waals surface area contributed by atoms with E-state index >= 15 is 4.39 Å². The molecule has 0 bridgehead atoms. The number of sulfonamides is 1. The normalized spacial score (nSPS) is 12.0. The fraction of sp³-hybridized carbons (Fsp3) is 0.235. The zero-order valence-electron chi connectivity index (χ0n) is 24.9. The molecule has 236 valence electrons. The fourth-order valence-corrected chi connectivity index (χ4v) is 6.60. The number of rotatable bonds is 13. The second-order valence-corrected chi connectivity index (χ2v) is 13.5. The summed E-state index contributed by atoms with van der Waals surface area (Å²) in [5.41, 5.74) is 0.912. The Balaban J connectivity index is 1.83. The largest absolute Gasteiger partial charge is 0.354 e. The van der Waals surface area contributed by atoms with E-state index in [-0.39, 0.29) is 45.1 Å². The Kier molecular flexibility index (Phi) is 11.6. The number of anilines is 1. The monoisotopic (exact) mass is 669 g/mol. The molecule has 0 aliphatic heterocycles. The predicted octanol–water partition coefficient (Wildman–Crippen LogP) is 6.74. The van der Waals surface area contributed by atoms with Crippen LogP contribution in [0.25, 0.3) is 0 Å². The summed E-state index contributed by atoms with van der Waals surface area (Å²) in [6.07, 6.45) is 0.105. The first-order chi connectivity index (χ1) is 21.5. The summed E-state index contributed by atoms with van der Waals surface area (Å²) in [5.74, 6) is -1.63. The van der Waals surface area contributed by atoms with Crippen LogP contribution in [0, 0.1) is 11.7 Å². The van der Waals surface area contributed by atoms with Gasteiger partial charge in [0.25, 0.3) is 10.0 Å². The second-order valence-electron chi connectivity index (χ2n) is 10.9. The van der Waals surface area contributed by atoms with Crippen LogP contribution in [-0.2, 0) is 32.6 Å². The molecule has 0 aliphatic carbocycles. The quantitative estimate of drug-likeness (QED) is 0.171. The van der Waals surface area contributed by atoms with Crippen molar-refractivity contribution in [3.63, 3.8) is 0 Å². The molecule has 7 nitrogen and oxygen atoms in total. The maximum atomic E-state index is 15.0. The highest BCUT2D eigenvalue weighted by molar-refractivity contribution is 7.92. The van der Waals surface area contributed by atoms with Crippen molar-refractivity contribution in [3.8, 4) is 0 Å². The topological polar surface area (TPSA) is 86.8 Å². The Labute approximate surface area is 273 Å². The molecule has 11 heteroatoms. The lowest BCUT2D eigenvalue weighted by atomic mass is 10.0. The van der Waals surface area contributed by atoms with Crippen molar-refractivity contribution in [1.82, 2.24) is 10.2 Å². The van der Waals surface area contributed by atoms with E-state index in [0.717, 1.165) is 9.87 Å². The van der Waals surface area contributed by atoms with Crippen molar-refractivity contribution in [2.45, 2.75) is 37.8 Å². The minimum Gasteiger partial charge on any atom is -0.354 e. The van der Waals surface area contributed by atoms with Gasteiger partial charge in [0.05, 0.1) is 20.6 Å². The van der Waals surface area contributed by atoms with Crippen molar-refractivity contribution in [1.29, 1.82) is 0 Å². The first kappa shape index (κ1) is 34.0. The Hall–Kier alpha value is -3.92. The first-order valence-electron chi connectivity index (χ1n) is 14.3. The molecule has 4 aromatic carbocycles. The van der Waals surface area contributed by atoms with Crippen LogP contribution >= 0.6 is 23.2 Å². The molecule has 1 atom stereocenters. The van der Waals surface area contributed by atoms with Gasteiger partial charge in [-0.2, -0.15) is 0 Å². The van der Waals surface area contributed by atoms with Crippen molar-refractivity contribution in [2.24, 2.45) is 5.92 Å². The Morgan fingerprint density at radius 1 is 0.844 bits per heavy atom. The molecule has 0 aromatic heterocycles. The highest BCUT2D eigenvalue weighted by Gasteiger charge is 2.35. The third kappa shape index (κ3) is 8.63. The maximum Gasteiger partial charge on any atom is 0.264 e. The van der Waals surface area contributed by atoms with Gasteiger partial charge >= 0.3 is 0 Å². The molecule has 1 N–H and O–H groups in total. The molecule has 4 aromatic rings. The predicted molar refractivity (Wildman–Crippen MR) is 176 cm³/mol. The van der Waals surface area contributed by atoms with Crippen molar-refractivity contribution in [3.05, 3.63) is 130 Å². The van der Waals surface area contributed by atoms with E-state index in [0.29, 0.717) is 6.54 Å². The number of carbonyl (C=O) groups is 2. The van der Waals surface area contributed by atoms with Gasteiger partial charge in [0, 0.05) is 25.1 Å². The summed E-state index contributed by atoms with van der Waals surface area (Å²) in [6.45, 7) is 3.19. The van der Waals surface area contributed by atoms with E-state index < -0.39 is 40.2 Å². The minimum atomic E-state index is -4.36. The molecule has 0 fully saturated rings. The third-order valence-electron chi connectivity index (χ3n) is 7.06. The van der Waals surface area contributed by atoms with Gasteiger partial charge in [-0.05, 0) is 41.8 Å². The Bertz CT molecular complexity index is 1720. The minimum absolute atomic E-state index is 0.0175. The summed E-state index contributed by atoms with van der Waals surface area (Å²) in [4.78, 5) is 29.4. The lowest BCUT2D eigenvalue weighted by Crippen LogP contribution is -2.54. The highest BCUT2D eigenvalue weighted by atomic mass is 35.5. The molecule has 0 saturated carbocycles. The fourth-order valence-electron chi connectivity index (χ4n) is 4.70. The van der Waals surface area contributed by atoms with Crippen LogP contribution in [0.2, 0.25) is 10.0 Å². The number of hydrogen-bond donors (Lipinski definition) is 1. The van der Waals surface area contributed by atoms with E-state index in [1.165, 1.54) is 53.4 Å². The molecule has 2 amide bonds. The molecule has 0 spiro atoms. The SMILES string of the molecule is CC(C)CNC(=O)[C@@H](Cc1ccccc1)N(Cc1ccccc1F)C(=O)CN(c1cccc(Cl)c1Cl)S(=O)(=O)c1ccccc1. The van der Waals surface area contributed by atoms with Crippen LogP contribution in [0.4, 0.5) is 10.1 Å². The second kappa shape index (κ2) is 15.4. The summed E-state index contributed by atoms with van der Waals surface area (Å²) < 4.78 is 44.0. The van der Waals surface area contributed by atoms with Crippen molar-refractivity contribution >= 4 is 50.7 Å². The average molecular weight is 671 g/mol. The zero-order valence-corrected chi connectivity index (χ0v) is 27.2. The number of nitrogens with zero attached hydrogens (tertiary/aromatic N) is 2. The number of nitrogens with one attached hydrogen (secondary N) is 1. The van der Waals surface area contributed by atoms with E-state index in [2.05, 4.69) is 5.32 Å². The number of benzene rings is 4. The molecule has 0 aliphatic rings. The van der Waals surface area contributed by atoms with Crippen LogP contribution in [0.5, 0.6) is 0 Å². The maximum absolute atomic E-state index is 15.0. The van der Waals surface area contributed by atoms with E-state index in [1.54, 1.807) is 24.3 Å². The van der Waals surface area contributed by atoms with E-state index in [9.17, 15) is 18.0 Å². The van der Waals surface area contributed by atoms with Crippen LogP contribution in [0.3, 0.4) is 0 Å². The summed E-state index contributed by atoms with van der Waals surface area (Å²) in [5, 5.41) is 2.92.